The van der Waals surface area contributed by atoms with Crippen LogP contribution in [0.2, 0.25) is 5.02 Å². The monoisotopic (exact) mass is 226 g/mol. The molecule has 1 rings (SSSR count). The normalized spacial score (nSPS) is 10.5. The summed E-state index contributed by atoms with van der Waals surface area (Å²) >= 11 is 5.93. The molecule has 15 heavy (non-hydrogen) atoms. The Morgan fingerprint density at radius 2 is 2.07 bits per heavy atom. The Morgan fingerprint density at radius 3 is 2.60 bits per heavy atom. The maximum absolute atomic E-state index is 11.3. The summed E-state index contributed by atoms with van der Waals surface area (Å²) in [6, 6.07) is 5.34. The number of benzene rings is 1. The second kappa shape index (κ2) is 5.17. The van der Waals surface area contributed by atoms with Crippen LogP contribution in [0, 0.1) is 5.92 Å². The number of halogens is 1. The van der Waals surface area contributed by atoms with Crippen molar-refractivity contribution in [2.75, 3.05) is 7.11 Å². The van der Waals surface area contributed by atoms with Gasteiger partial charge in [0.2, 0.25) is 0 Å². The Hall–Kier alpha value is -1.02. The molecular formula is C12H15ClO2. The van der Waals surface area contributed by atoms with Gasteiger partial charge in [0.05, 0.1) is 12.7 Å². The van der Waals surface area contributed by atoms with E-state index >= 15 is 0 Å². The molecule has 0 N–H and O–H groups in total. The average Bonchev–Trinajstić information content (AvgIpc) is 2.14. The van der Waals surface area contributed by atoms with E-state index in [0.717, 1.165) is 12.0 Å². The van der Waals surface area contributed by atoms with E-state index in [2.05, 4.69) is 18.6 Å². The number of esters is 1. The third kappa shape index (κ3) is 3.56. The highest BCUT2D eigenvalue weighted by Gasteiger charge is 2.08. The fraction of sp³-hybridized carbons (Fsp3) is 0.417. The lowest BCUT2D eigenvalue weighted by Gasteiger charge is -2.07. The van der Waals surface area contributed by atoms with Crippen LogP contribution in [0.1, 0.15) is 29.8 Å². The maximum atomic E-state index is 11.3. The zero-order chi connectivity index (χ0) is 11.4. The molecule has 0 aliphatic heterocycles. The Morgan fingerprint density at radius 1 is 1.40 bits per heavy atom. The van der Waals surface area contributed by atoms with Gasteiger partial charge in [-0.15, -0.1) is 0 Å². The minimum atomic E-state index is -0.345. The first-order valence-corrected chi connectivity index (χ1v) is 5.28. The molecule has 0 atom stereocenters. The molecule has 0 spiro atoms. The van der Waals surface area contributed by atoms with Crippen molar-refractivity contribution in [3.8, 4) is 0 Å². The molecule has 0 saturated heterocycles. The van der Waals surface area contributed by atoms with Gasteiger partial charge in [0.25, 0.3) is 0 Å². The molecule has 1 aromatic carbocycles. The molecule has 0 heterocycles. The van der Waals surface area contributed by atoms with Gasteiger partial charge >= 0.3 is 5.97 Å². The summed E-state index contributed by atoms with van der Waals surface area (Å²) in [6.07, 6.45) is 0.907. The summed E-state index contributed by atoms with van der Waals surface area (Å²) in [7, 11) is 1.37. The Balaban J connectivity index is 2.99. The summed E-state index contributed by atoms with van der Waals surface area (Å²) in [4.78, 5) is 11.3. The van der Waals surface area contributed by atoms with Crippen molar-refractivity contribution in [2.45, 2.75) is 20.3 Å². The molecule has 3 heteroatoms. The number of hydrogen-bond donors (Lipinski definition) is 0. The van der Waals surface area contributed by atoms with Gasteiger partial charge in [0, 0.05) is 5.02 Å². The van der Waals surface area contributed by atoms with Gasteiger partial charge < -0.3 is 4.74 Å². The summed E-state index contributed by atoms with van der Waals surface area (Å²) < 4.78 is 4.65. The average molecular weight is 227 g/mol. The second-order valence-corrected chi connectivity index (χ2v) is 4.37. The molecule has 1 aromatic rings. The minimum Gasteiger partial charge on any atom is -0.465 e. The van der Waals surface area contributed by atoms with Crippen LogP contribution >= 0.6 is 11.6 Å². The zero-order valence-electron chi connectivity index (χ0n) is 9.21. The summed E-state index contributed by atoms with van der Waals surface area (Å²) in [5.41, 5.74) is 1.58. The lowest BCUT2D eigenvalue weighted by molar-refractivity contribution is 0.0600. The van der Waals surface area contributed by atoms with Crippen molar-refractivity contribution in [2.24, 2.45) is 5.92 Å². The van der Waals surface area contributed by atoms with Crippen molar-refractivity contribution < 1.29 is 9.53 Å². The molecule has 0 unspecified atom stereocenters. The van der Waals surface area contributed by atoms with Gasteiger partial charge in [-0.2, -0.15) is 0 Å². The van der Waals surface area contributed by atoms with Crippen LogP contribution in [0.3, 0.4) is 0 Å². The van der Waals surface area contributed by atoms with E-state index in [0.29, 0.717) is 16.5 Å². The highest BCUT2D eigenvalue weighted by atomic mass is 35.5. The van der Waals surface area contributed by atoms with E-state index in [1.54, 1.807) is 6.07 Å². The fourth-order valence-electron chi connectivity index (χ4n) is 1.48. The topological polar surface area (TPSA) is 26.3 Å². The first-order valence-electron chi connectivity index (χ1n) is 4.90. The number of carbonyl (C=O) groups is 1. The molecule has 0 radical (unpaired) electrons. The maximum Gasteiger partial charge on any atom is 0.337 e. The van der Waals surface area contributed by atoms with Gasteiger partial charge in [-0.05, 0) is 36.1 Å². The molecule has 0 saturated carbocycles. The smallest absolute Gasteiger partial charge is 0.337 e. The molecule has 0 fully saturated rings. The van der Waals surface area contributed by atoms with Crippen LogP contribution in [-0.4, -0.2) is 13.1 Å². The highest BCUT2D eigenvalue weighted by molar-refractivity contribution is 6.31. The molecule has 0 amide bonds. The van der Waals surface area contributed by atoms with Crippen LogP contribution < -0.4 is 0 Å². The Labute approximate surface area is 95.2 Å². The van der Waals surface area contributed by atoms with Crippen LogP contribution in [-0.2, 0) is 11.2 Å². The number of ether oxygens (including phenoxy) is 1. The van der Waals surface area contributed by atoms with Crippen molar-refractivity contribution in [1.29, 1.82) is 0 Å². The van der Waals surface area contributed by atoms with E-state index in [9.17, 15) is 4.79 Å². The van der Waals surface area contributed by atoms with Crippen LogP contribution in [0.25, 0.3) is 0 Å². The molecule has 0 aromatic heterocycles. The third-order valence-electron chi connectivity index (χ3n) is 2.02. The van der Waals surface area contributed by atoms with Gasteiger partial charge in [0.15, 0.2) is 0 Å². The van der Waals surface area contributed by atoms with Crippen molar-refractivity contribution in [1.82, 2.24) is 0 Å². The van der Waals surface area contributed by atoms with Crippen LogP contribution in [0.5, 0.6) is 0 Å². The zero-order valence-corrected chi connectivity index (χ0v) is 9.97. The van der Waals surface area contributed by atoms with Crippen LogP contribution in [0.4, 0.5) is 0 Å². The minimum absolute atomic E-state index is 0.345. The Kier molecular flexibility index (Phi) is 4.15. The van der Waals surface area contributed by atoms with Gasteiger partial charge in [0.1, 0.15) is 0 Å². The SMILES string of the molecule is COC(=O)c1cc(Cl)cc(CC(C)C)c1. The number of carbonyl (C=O) groups excluding carboxylic acids is 1. The Bertz CT molecular complexity index is 359. The van der Waals surface area contributed by atoms with E-state index in [1.807, 2.05) is 12.1 Å². The molecule has 82 valence electrons. The first-order chi connectivity index (χ1) is 7.02. The number of rotatable bonds is 3. The molecule has 2 nitrogen and oxygen atoms in total. The largest absolute Gasteiger partial charge is 0.465 e. The fourth-order valence-corrected chi connectivity index (χ4v) is 1.73. The van der Waals surface area contributed by atoms with E-state index in [1.165, 1.54) is 7.11 Å². The molecule has 0 aliphatic rings. The van der Waals surface area contributed by atoms with E-state index in [4.69, 9.17) is 11.6 Å². The standard InChI is InChI=1S/C12H15ClO2/c1-8(2)4-9-5-10(12(14)15-3)7-11(13)6-9/h5-8H,4H2,1-3H3. The summed E-state index contributed by atoms with van der Waals surface area (Å²) in [5.74, 6) is 0.191. The predicted molar refractivity (Wildman–Crippen MR) is 61.3 cm³/mol. The van der Waals surface area contributed by atoms with Gasteiger partial charge in [-0.3, -0.25) is 0 Å². The number of hydrogen-bond acceptors (Lipinski definition) is 2. The van der Waals surface area contributed by atoms with Crippen molar-refractivity contribution >= 4 is 17.6 Å². The molecule has 0 aliphatic carbocycles. The first kappa shape index (κ1) is 12.1. The quantitative estimate of drug-likeness (QED) is 0.739. The van der Waals surface area contributed by atoms with Crippen molar-refractivity contribution in [3.05, 3.63) is 34.3 Å². The summed E-state index contributed by atoms with van der Waals surface area (Å²) in [5, 5.41) is 0.577. The van der Waals surface area contributed by atoms with E-state index < -0.39 is 0 Å². The summed E-state index contributed by atoms with van der Waals surface area (Å²) in [6.45, 7) is 4.25. The van der Waals surface area contributed by atoms with Crippen molar-refractivity contribution in [3.63, 3.8) is 0 Å². The second-order valence-electron chi connectivity index (χ2n) is 3.94. The highest BCUT2D eigenvalue weighted by Crippen LogP contribution is 2.18. The van der Waals surface area contributed by atoms with Gasteiger partial charge in [-0.25, -0.2) is 4.79 Å². The lowest BCUT2D eigenvalue weighted by Crippen LogP contribution is -2.03. The molecule has 0 bridgehead atoms. The van der Waals surface area contributed by atoms with E-state index in [-0.39, 0.29) is 5.97 Å². The van der Waals surface area contributed by atoms with Crippen LogP contribution in [0.15, 0.2) is 18.2 Å². The predicted octanol–water partition coefficient (Wildman–Crippen LogP) is 3.33. The van der Waals surface area contributed by atoms with Gasteiger partial charge in [-0.1, -0.05) is 25.4 Å². The third-order valence-corrected chi connectivity index (χ3v) is 2.24. The molecular weight excluding hydrogens is 212 g/mol. The number of methoxy groups -OCH3 is 1. The lowest BCUT2D eigenvalue weighted by atomic mass is 10.0.